The van der Waals surface area contributed by atoms with Crippen LogP contribution in [0.2, 0.25) is 0 Å². The Hall–Kier alpha value is -0.380. The quantitative estimate of drug-likeness (QED) is 0.825. The van der Waals surface area contributed by atoms with Crippen molar-refractivity contribution in [3.8, 4) is 0 Å². The van der Waals surface area contributed by atoms with Crippen LogP contribution in [0.15, 0.2) is 28.7 Å². The number of aryl methyl sites for hydroxylation is 1. The third-order valence-corrected chi connectivity index (χ3v) is 4.56. The number of rotatable bonds is 5. The molecule has 0 aromatic heterocycles. The summed E-state index contributed by atoms with van der Waals surface area (Å²) in [4.78, 5) is 5.13. The molecule has 100 valence electrons. The lowest BCUT2D eigenvalue weighted by Gasteiger charge is -2.34. The van der Waals surface area contributed by atoms with Gasteiger partial charge in [0, 0.05) is 30.7 Å². The van der Waals surface area contributed by atoms with Gasteiger partial charge in [-0.3, -0.25) is 0 Å². The fourth-order valence-corrected chi connectivity index (χ4v) is 3.01. The third kappa shape index (κ3) is 4.08. The maximum absolute atomic E-state index is 3.62. The van der Waals surface area contributed by atoms with Gasteiger partial charge < -0.3 is 9.80 Å². The monoisotopic (exact) mass is 310 g/mol. The molecule has 0 N–H and O–H groups in total. The highest BCUT2D eigenvalue weighted by Crippen LogP contribution is 2.17. The largest absolute Gasteiger partial charge is 0.301 e. The fraction of sp³-hybridized carbons (Fsp3) is 0.600. The zero-order chi connectivity index (χ0) is 12.8. The van der Waals surface area contributed by atoms with E-state index in [0.717, 1.165) is 0 Å². The van der Waals surface area contributed by atoms with Crippen LogP contribution in [0.5, 0.6) is 0 Å². The summed E-state index contributed by atoms with van der Waals surface area (Å²) in [5, 5.41) is 0. The van der Waals surface area contributed by atoms with Crippen molar-refractivity contribution < 1.29 is 0 Å². The molecule has 0 bridgehead atoms. The first kappa shape index (κ1) is 14.0. The van der Waals surface area contributed by atoms with Gasteiger partial charge >= 0.3 is 0 Å². The summed E-state index contributed by atoms with van der Waals surface area (Å²) in [6.07, 6.45) is 2.43. The maximum atomic E-state index is 3.62. The molecule has 1 aromatic rings. The van der Waals surface area contributed by atoms with Crippen LogP contribution in [0.4, 0.5) is 0 Å². The van der Waals surface area contributed by atoms with Crippen molar-refractivity contribution in [1.29, 1.82) is 0 Å². The van der Waals surface area contributed by atoms with Crippen molar-refractivity contribution >= 4 is 15.9 Å². The highest BCUT2D eigenvalue weighted by molar-refractivity contribution is 9.10. The van der Waals surface area contributed by atoms with Crippen LogP contribution in [-0.2, 0) is 6.42 Å². The minimum Gasteiger partial charge on any atom is -0.301 e. The van der Waals surface area contributed by atoms with E-state index in [2.05, 4.69) is 56.9 Å². The van der Waals surface area contributed by atoms with E-state index in [1.165, 1.54) is 62.1 Å². The Balaban J connectivity index is 1.69. The molecule has 0 aliphatic carbocycles. The highest BCUT2D eigenvalue weighted by Gasteiger charge is 2.14. The van der Waals surface area contributed by atoms with Gasteiger partial charge in [0.1, 0.15) is 0 Å². The Kier molecular flexibility index (Phi) is 5.67. The molecule has 0 saturated carbocycles. The molecule has 0 amide bonds. The van der Waals surface area contributed by atoms with Crippen LogP contribution in [-0.4, -0.2) is 49.1 Å². The minimum atomic E-state index is 1.18. The van der Waals surface area contributed by atoms with Gasteiger partial charge in [0.05, 0.1) is 0 Å². The molecule has 2 rings (SSSR count). The zero-order valence-corrected chi connectivity index (χ0v) is 12.8. The topological polar surface area (TPSA) is 6.48 Å². The maximum Gasteiger partial charge on any atom is 0.0207 e. The zero-order valence-electron chi connectivity index (χ0n) is 11.2. The van der Waals surface area contributed by atoms with Gasteiger partial charge in [-0.1, -0.05) is 41.1 Å². The fourth-order valence-electron chi connectivity index (χ4n) is 2.52. The summed E-state index contributed by atoms with van der Waals surface area (Å²) in [6.45, 7) is 9.65. The van der Waals surface area contributed by atoms with Gasteiger partial charge in [0.25, 0.3) is 0 Å². The second kappa shape index (κ2) is 7.27. The summed E-state index contributed by atoms with van der Waals surface area (Å²) < 4.78 is 1.25. The van der Waals surface area contributed by atoms with E-state index < -0.39 is 0 Å². The Labute approximate surface area is 119 Å². The molecule has 18 heavy (non-hydrogen) atoms. The second-order valence-corrected chi connectivity index (χ2v) is 5.83. The Morgan fingerprint density at radius 2 is 1.72 bits per heavy atom. The van der Waals surface area contributed by atoms with Gasteiger partial charge in [0.2, 0.25) is 0 Å². The molecule has 1 saturated heterocycles. The molecule has 0 radical (unpaired) electrons. The van der Waals surface area contributed by atoms with E-state index in [-0.39, 0.29) is 0 Å². The van der Waals surface area contributed by atoms with E-state index in [9.17, 15) is 0 Å². The molecule has 1 heterocycles. The summed E-state index contributed by atoms with van der Waals surface area (Å²) in [6, 6.07) is 8.56. The average molecular weight is 311 g/mol. The number of likely N-dealkylation sites (N-methyl/N-ethyl adjacent to an activating group) is 1. The van der Waals surface area contributed by atoms with E-state index in [1.807, 2.05) is 0 Å². The van der Waals surface area contributed by atoms with Crippen molar-refractivity contribution in [2.45, 2.75) is 19.8 Å². The number of halogens is 1. The lowest BCUT2D eigenvalue weighted by Crippen LogP contribution is -2.46. The molecule has 1 fully saturated rings. The standard InChI is InChI=1S/C15H23BrN2/c1-2-17-10-12-18(13-11-17)9-5-7-14-6-3-4-8-15(14)16/h3-4,6,8H,2,5,7,9-13H2,1H3. The first-order valence-corrected chi connectivity index (χ1v) is 7.77. The number of hydrogen-bond donors (Lipinski definition) is 0. The van der Waals surface area contributed by atoms with Crippen molar-refractivity contribution in [1.82, 2.24) is 9.80 Å². The molecule has 1 aliphatic rings. The summed E-state index contributed by atoms with van der Waals surface area (Å²) in [5.74, 6) is 0. The molecular weight excluding hydrogens is 288 g/mol. The third-order valence-electron chi connectivity index (χ3n) is 3.79. The van der Waals surface area contributed by atoms with Crippen LogP contribution in [0.1, 0.15) is 18.9 Å². The van der Waals surface area contributed by atoms with Crippen LogP contribution in [0.3, 0.4) is 0 Å². The summed E-state index contributed by atoms with van der Waals surface area (Å²) in [5.41, 5.74) is 1.43. The highest BCUT2D eigenvalue weighted by atomic mass is 79.9. The molecule has 1 aliphatic heterocycles. The lowest BCUT2D eigenvalue weighted by atomic mass is 10.1. The lowest BCUT2D eigenvalue weighted by molar-refractivity contribution is 0.136. The van der Waals surface area contributed by atoms with E-state index >= 15 is 0 Å². The predicted molar refractivity (Wildman–Crippen MR) is 81.0 cm³/mol. The van der Waals surface area contributed by atoms with Crippen molar-refractivity contribution in [3.05, 3.63) is 34.3 Å². The number of piperazine rings is 1. The van der Waals surface area contributed by atoms with E-state index in [4.69, 9.17) is 0 Å². The van der Waals surface area contributed by atoms with Crippen molar-refractivity contribution in [2.24, 2.45) is 0 Å². The van der Waals surface area contributed by atoms with Gasteiger partial charge in [-0.15, -0.1) is 0 Å². The predicted octanol–water partition coefficient (Wildman–Crippen LogP) is 3.02. The molecule has 1 aromatic carbocycles. The molecule has 0 spiro atoms. The van der Waals surface area contributed by atoms with Crippen molar-refractivity contribution in [2.75, 3.05) is 39.3 Å². The van der Waals surface area contributed by atoms with E-state index in [1.54, 1.807) is 0 Å². The Bertz CT molecular complexity index is 359. The second-order valence-electron chi connectivity index (χ2n) is 4.97. The van der Waals surface area contributed by atoms with Crippen LogP contribution >= 0.6 is 15.9 Å². The van der Waals surface area contributed by atoms with E-state index in [0.29, 0.717) is 0 Å². The van der Waals surface area contributed by atoms with Crippen LogP contribution < -0.4 is 0 Å². The SMILES string of the molecule is CCN1CCN(CCCc2ccccc2Br)CC1. The van der Waals surface area contributed by atoms with Gasteiger partial charge in [-0.05, 0) is 37.6 Å². The smallest absolute Gasteiger partial charge is 0.0207 e. The van der Waals surface area contributed by atoms with Crippen molar-refractivity contribution in [3.63, 3.8) is 0 Å². The van der Waals surface area contributed by atoms with Gasteiger partial charge in [-0.25, -0.2) is 0 Å². The van der Waals surface area contributed by atoms with Gasteiger partial charge in [0.15, 0.2) is 0 Å². The summed E-state index contributed by atoms with van der Waals surface area (Å²) >= 11 is 3.62. The Morgan fingerprint density at radius 1 is 1.06 bits per heavy atom. The molecule has 3 heteroatoms. The molecular formula is C15H23BrN2. The van der Waals surface area contributed by atoms with Gasteiger partial charge in [-0.2, -0.15) is 0 Å². The average Bonchev–Trinajstić information content (AvgIpc) is 2.42. The summed E-state index contributed by atoms with van der Waals surface area (Å²) in [7, 11) is 0. The number of hydrogen-bond acceptors (Lipinski definition) is 2. The molecule has 2 nitrogen and oxygen atoms in total. The number of nitrogens with zero attached hydrogens (tertiary/aromatic N) is 2. The first-order valence-electron chi connectivity index (χ1n) is 6.97. The first-order chi connectivity index (χ1) is 8.79. The molecule has 0 atom stereocenters. The number of benzene rings is 1. The molecule has 0 unspecified atom stereocenters. The normalized spacial score (nSPS) is 18.1. The van der Waals surface area contributed by atoms with Crippen LogP contribution in [0.25, 0.3) is 0 Å². The minimum absolute atomic E-state index is 1.18. The van der Waals surface area contributed by atoms with Crippen LogP contribution in [0, 0.1) is 0 Å². The Morgan fingerprint density at radius 3 is 2.39 bits per heavy atom.